The summed E-state index contributed by atoms with van der Waals surface area (Å²) in [5.41, 5.74) is 5.56. The summed E-state index contributed by atoms with van der Waals surface area (Å²) in [6.07, 6.45) is 1.84. The fraction of sp³-hybridized carbons (Fsp3) is 0.429. The minimum atomic E-state index is -0.0316. The molecule has 1 amide bonds. The molecule has 1 aliphatic carbocycles. The average Bonchev–Trinajstić information content (AvgIpc) is 3.30. The molecule has 25 heavy (non-hydrogen) atoms. The van der Waals surface area contributed by atoms with Gasteiger partial charge in [-0.05, 0) is 62.9 Å². The Hall–Kier alpha value is -2.36. The fourth-order valence-corrected chi connectivity index (χ4v) is 4.00. The number of ether oxygens (including phenoxy) is 1. The van der Waals surface area contributed by atoms with Crippen LogP contribution in [0.15, 0.2) is 30.3 Å². The van der Waals surface area contributed by atoms with Gasteiger partial charge < -0.3 is 10.1 Å². The molecular weight excluding hydrogens is 312 g/mol. The van der Waals surface area contributed by atoms with E-state index in [1.165, 1.54) is 16.7 Å². The van der Waals surface area contributed by atoms with Crippen molar-refractivity contribution in [1.82, 2.24) is 10.3 Å². The van der Waals surface area contributed by atoms with Crippen LogP contribution >= 0.6 is 0 Å². The summed E-state index contributed by atoms with van der Waals surface area (Å²) in [5, 5.41) is 3.07. The molecule has 1 spiro atoms. The van der Waals surface area contributed by atoms with Gasteiger partial charge in [0.1, 0.15) is 5.75 Å². The predicted molar refractivity (Wildman–Crippen MR) is 96.6 cm³/mol. The lowest BCUT2D eigenvalue weighted by atomic mass is 9.85. The van der Waals surface area contributed by atoms with Gasteiger partial charge in [0.25, 0.3) is 0 Å². The number of aryl methyl sites for hydroxylation is 3. The molecule has 130 valence electrons. The van der Waals surface area contributed by atoms with Gasteiger partial charge in [0.05, 0.1) is 18.8 Å². The molecule has 1 aromatic carbocycles. The standard InChI is InChI=1S/C21H24N2O2/c1-13-9-17-19(10-14(13)2)25-8-7-21(17)11-18(21)20(24)22-12-16-6-4-5-15(3)23-16/h4-6,9-10,18H,7-8,11-12H2,1-3H3,(H,22,24)/t18-,21-/m0/s1. The Morgan fingerprint density at radius 2 is 2.08 bits per heavy atom. The minimum Gasteiger partial charge on any atom is -0.493 e. The minimum absolute atomic E-state index is 0.0316. The van der Waals surface area contributed by atoms with Crippen LogP contribution in [0, 0.1) is 26.7 Å². The van der Waals surface area contributed by atoms with E-state index in [4.69, 9.17) is 4.74 Å². The van der Waals surface area contributed by atoms with Crippen LogP contribution in [0.1, 0.15) is 40.9 Å². The Morgan fingerprint density at radius 1 is 1.28 bits per heavy atom. The lowest BCUT2D eigenvalue weighted by molar-refractivity contribution is -0.123. The highest BCUT2D eigenvalue weighted by atomic mass is 16.5. The third kappa shape index (κ3) is 2.80. The van der Waals surface area contributed by atoms with Gasteiger partial charge in [0.15, 0.2) is 0 Å². The molecule has 2 atom stereocenters. The van der Waals surface area contributed by atoms with Crippen LogP contribution in [0.5, 0.6) is 5.75 Å². The number of fused-ring (bicyclic) bond motifs is 2. The van der Waals surface area contributed by atoms with Gasteiger partial charge in [-0.15, -0.1) is 0 Å². The number of rotatable bonds is 3. The van der Waals surface area contributed by atoms with E-state index in [2.05, 4.69) is 36.3 Å². The van der Waals surface area contributed by atoms with Crippen molar-refractivity contribution in [2.45, 2.75) is 45.6 Å². The maximum Gasteiger partial charge on any atom is 0.224 e. The summed E-state index contributed by atoms with van der Waals surface area (Å²) in [5.74, 6) is 1.14. The molecule has 1 aromatic heterocycles. The molecule has 2 heterocycles. The van der Waals surface area contributed by atoms with E-state index in [0.717, 1.165) is 30.0 Å². The third-order valence-corrected chi connectivity index (χ3v) is 5.72. The summed E-state index contributed by atoms with van der Waals surface area (Å²) in [4.78, 5) is 17.2. The molecule has 0 radical (unpaired) electrons. The molecule has 0 bridgehead atoms. The van der Waals surface area contributed by atoms with Crippen molar-refractivity contribution in [3.8, 4) is 5.75 Å². The molecule has 1 saturated carbocycles. The highest BCUT2D eigenvalue weighted by Crippen LogP contribution is 2.61. The first-order chi connectivity index (χ1) is 12.0. The first-order valence-corrected chi connectivity index (χ1v) is 8.94. The number of amides is 1. The molecule has 1 aliphatic heterocycles. The number of benzene rings is 1. The summed E-state index contributed by atoms with van der Waals surface area (Å²) in [6, 6.07) is 10.2. The van der Waals surface area contributed by atoms with E-state index in [-0.39, 0.29) is 17.2 Å². The van der Waals surface area contributed by atoms with E-state index in [9.17, 15) is 4.79 Å². The van der Waals surface area contributed by atoms with E-state index in [1.807, 2.05) is 25.1 Å². The van der Waals surface area contributed by atoms with E-state index < -0.39 is 0 Å². The molecule has 0 unspecified atom stereocenters. The van der Waals surface area contributed by atoms with Crippen molar-refractivity contribution in [3.05, 3.63) is 58.4 Å². The van der Waals surface area contributed by atoms with Crippen molar-refractivity contribution in [1.29, 1.82) is 0 Å². The Labute approximate surface area is 148 Å². The monoisotopic (exact) mass is 336 g/mol. The van der Waals surface area contributed by atoms with Crippen LogP contribution in [0.4, 0.5) is 0 Å². The highest BCUT2D eigenvalue weighted by Gasteiger charge is 2.61. The van der Waals surface area contributed by atoms with Crippen molar-refractivity contribution in [3.63, 3.8) is 0 Å². The van der Waals surface area contributed by atoms with Crippen molar-refractivity contribution < 1.29 is 9.53 Å². The first kappa shape index (κ1) is 16.1. The van der Waals surface area contributed by atoms with E-state index in [0.29, 0.717) is 13.2 Å². The quantitative estimate of drug-likeness (QED) is 0.935. The number of hydrogen-bond acceptors (Lipinski definition) is 3. The number of nitrogens with zero attached hydrogens (tertiary/aromatic N) is 1. The van der Waals surface area contributed by atoms with Crippen LogP contribution in [-0.2, 0) is 16.8 Å². The smallest absolute Gasteiger partial charge is 0.224 e. The fourth-order valence-electron chi connectivity index (χ4n) is 4.00. The number of carbonyl (C=O) groups excluding carboxylic acids is 1. The second-order valence-corrected chi connectivity index (χ2v) is 7.43. The average molecular weight is 336 g/mol. The number of pyridine rings is 1. The number of nitrogens with one attached hydrogen (secondary N) is 1. The summed E-state index contributed by atoms with van der Waals surface area (Å²) < 4.78 is 5.86. The van der Waals surface area contributed by atoms with Gasteiger partial charge >= 0.3 is 0 Å². The molecule has 1 fully saturated rings. The van der Waals surface area contributed by atoms with Crippen LogP contribution in [0.2, 0.25) is 0 Å². The lowest BCUT2D eigenvalue weighted by Gasteiger charge is -2.28. The summed E-state index contributed by atoms with van der Waals surface area (Å²) in [6.45, 7) is 7.37. The zero-order chi connectivity index (χ0) is 17.6. The molecule has 2 aliphatic rings. The van der Waals surface area contributed by atoms with Crippen LogP contribution in [0.3, 0.4) is 0 Å². The van der Waals surface area contributed by atoms with E-state index in [1.54, 1.807) is 0 Å². The van der Waals surface area contributed by atoms with Gasteiger partial charge in [0, 0.05) is 22.6 Å². The molecule has 0 saturated heterocycles. The van der Waals surface area contributed by atoms with Crippen molar-refractivity contribution in [2.24, 2.45) is 5.92 Å². The topological polar surface area (TPSA) is 51.2 Å². The maximum absolute atomic E-state index is 12.7. The highest BCUT2D eigenvalue weighted by molar-refractivity contribution is 5.85. The normalized spacial score (nSPS) is 23.7. The molecule has 4 rings (SSSR count). The zero-order valence-electron chi connectivity index (χ0n) is 15.1. The van der Waals surface area contributed by atoms with Gasteiger partial charge in [-0.3, -0.25) is 9.78 Å². The molecule has 4 heteroatoms. The van der Waals surface area contributed by atoms with Gasteiger partial charge in [-0.25, -0.2) is 0 Å². The van der Waals surface area contributed by atoms with Gasteiger partial charge in [0.2, 0.25) is 5.91 Å². The number of hydrogen-bond donors (Lipinski definition) is 1. The van der Waals surface area contributed by atoms with Gasteiger partial charge in [-0.2, -0.15) is 0 Å². The molecular formula is C21H24N2O2. The number of aromatic nitrogens is 1. The van der Waals surface area contributed by atoms with Crippen LogP contribution in [0.25, 0.3) is 0 Å². The Kier molecular flexibility index (Phi) is 3.78. The van der Waals surface area contributed by atoms with Crippen LogP contribution in [-0.4, -0.2) is 17.5 Å². The summed E-state index contributed by atoms with van der Waals surface area (Å²) >= 11 is 0. The van der Waals surface area contributed by atoms with Gasteiger partial charge in [-0.1, -0.05) is 12.1 Å². The molecule has 1 N–H and O–H groups in total. The number of carbonyl (C=O) groups is 1. The van der Waals surface area contributed by atoms with E-state index >= 15 is 0 Å². The van der Waals surface area contributed by atoms with Crippen LogP contribution < -0.4 is 10.1 Å². The maximum atomic E-state index is 12.7. The SMILES string of the molecule is Cc1cccc(CNC(=O)[C@@H]2C[C@]23CCOc2cc(C)c(C)cc23)n1. The van der Waals surface area contributed by atoms with Crippen molar-refractivity contribution in [2.75, 3.05) is 6.61 Å². The zero-order valence-corrected chi connectivity index (χ0v) is 15.1. The second kappa shape index (κ2) is 5.87. The predicted octanol–water partition coefficient (Wildman–Crippen LogP) is 3.36. The lowest BCUT2D eigenvalue weighted by Crippen LogP contribution is -2.31. The first-order valence-electron chi connectivity index (χ1n) is 8.94. The molecule has 2 aromatic rings. The summed E-state index contributed by atoms with van der Waals surface area (Å²) in [7, 11) is 0. The third-order valence-electron chi connectivity index (χ3n) is 5.72. The Morgan fingerprint density at radius 3 is 2.88 bits per heavy atom. The van der Waals surface area contributed by atoms with Crippen molar-refractivity contribution >= 4 is 5.91 Å². The Bertz CT molecular complexity index is 846. The molecule has 4 nitrogen and oxygen atoms in total. The largest absolute Gasteiger partial charge is 0.493 e. The Balaban J connectivity index is 1.50. The second-order valence-electron chi connectivity index (χ2n) is 7.43.